The van der Waals surface area contributed by atoms with Gasteiger partial charge in [-0.25, -0.2) is 0 Å². The molecule has 0 aliphatic rings. The monoisotopic (exact) mass is 280 g/mol. The van der Waals surface area contributed by atoms with E-state index >= 15 is 0 Å². The van der Waals surface area contributed by atoms with Gasteiger partial charge in [-0.3, -0.25) is 0 Å². The van der Waals surface area contributed by atoms with Gasteiger partial charge in [0.25, 0.3) is 0 Å². The summed E-state index contributed by atoms with van der Waals surface area (Å²) < 4.78 is 5.30. The zero-order valence-electron chi connectivity index (χ0n) is 11.7. The lowest BCUT2D eigenvalue weighted by Gasteiger charge is -2.09. The van der Waals surface area contributed by atoms with Gasteiger partial charge >= 0.3 is 0 Å². The second kappa shape index (κ2) is 6.09. The largest absolute Gasteiger partial charge is 0.495 e. The van der Waals surface area contributed by atoms with Gasteiger partial charge in [0.2, 0.25) is 0 Å². The molecule has 1 heterocycles. The van der Waals surface area contributed by atoms with Crippen LogP contribution >= 0.6 is 0 Å². The number of hydrogen-bond donors (Lipinski definition) is 1. The van der Waals surface area contributed by atoms with Crippen molar-refractivity contribution < 1.29 is 4.74 Å². The minimum absolute atomic E-state index is 0.590. The van der Waals surface area contributed by atoms with Crippen LogP contribution in [0, 0.1) is 0 Å². The standard InChI is InChI=1S/C16H16N4O/c1-21-16-10-6-5-9-15(16)17-11-13-12-18-20(19-13)14-7-3-2-4-8-14/h2-10,12,17H,11H2,1H3. The average molecular weight is 280 g/mol. The van der Waals surface area contributed by atoms with Crippen molar-refractivity contribution in [1.82, 2.24) is 15.0 Å². The van der Waals surface area contributed by atoms with Crippen LogP contribution in [0.5, 0.6) is 5.75 Å². The molecule has 0 unspecified atom stereocenters. The van der Waals surface area contributed by atoms with E-state index in [1.54, 1.807) is 18.1 Å². The minimum Gasteiger partial charge on any atom is -0.495 e. The molecule has 0 aliphatic heterocycles. The van der Waals surface area contributed by atoms with Crippen LogP contribution in [0.3, 0.4) is 0 Å². The lowest BCUT2D eigenvalue weighted by molar-refractivity contribution is 0.416. The van der Waals surface area contributed by atoms with Crippen LogP contribution in [0.2, 0.25) is 0 Å². The first-order chi connectivity index (χ1) is 10.4. The number of nitrogens with one attached hydrogen (secondary N) is 1. The first kappa shape index (κ1) is 13.2. The van der Waals surface area contributed by atoms with Crippen LogP contribution in [0.4, 0.5) is 5.69 Å². The summed E-state index contributed by atoms with van der Waals surface area (Å²) in [6.45, 7) is 0.590. The predicted octanol–water partition coefficient (Wildman–Crippen LogP) is 2.89. The maximum Gasteiger partial charge on any atom is 0.141 e. The van der Waals surface area contributed by atoms with Gasteiger partial charge in [0.05, 0.1) is 31.2 Å². The van der Waals surface area contributed by atoms with Crippen LogP contribution in [-0.2, 0) is 6.54 Å². The summed E-state index contributed by atoms with van der Waals surface area (Å²) in [6, 6.07) is 17.6. The summed E-state index contributed by atoms with van der Waals surface area (Å²) in [4.78, 5) is 1.62. The summed E-state index contributed by atoms with van der Waals surface area (Å²) in [5.74, 6) is 0.813. The molecule has 0 bridgehead atoms. The van der Waals surface area contributed by atoms with Crippen molar-refractivity contribution in [2.45, 2.75) is 6.54 Å². The molecule has 3 rings (SSSR count). The Labute approximate surface area is 123 Å². The van der Waals surface area contributed by atoms with Crippen molar-refractivity contribution in [2.24, 2.45) is 0 Å². The van der Waals surface area contributed by atoms with Gasteiger partial charge in [-0.1, -0.05) is 30.3 Å². The zero-order valence-corrected chi connectivity index (χ0v) is 11.7. The van der Waals surface area contributed by atoms with E-state index in [1.165, 1.54) is 0 Å². The zero-order chi connectivity index (χ0) is 14.5. The van der Waals surface area contributed by atoms with Crippen molar-refractivity contribution in [2.75, 3.05) is 12.4 Å². The molecular weight excluding hydrogens is 264 g/mol. The second-order valence-corrected chi connectivity index (χ2v) is 4.51. The summed E-state index contributed by atoms with van der Waals surface area (Å²) in [5.41, 5.74) is 2.75. The molecule has 106 valence electrons. The van der Waals surface area contributed by atoms with Gasteiger partial charge in [-0.15, -0.1) is 0 Å². The molecule has 5 nitrogen and oxygen atoms in total. The highest BCUT2D eigenvalue weighted by Gasteiger charge is 2.04. The van der Waals surface area contributed by atoms with E-state index in [2.05, 4.69) is 15.5 Å². The van der Waals surface area contributed by atoms with Gasteiger partial charge in [-0.2, -0.15) is 15.0 Å². The van der Waals surface area contributed by atoms with Crippen molar-refractivity contribution >= 4 is 5.69 Å². The van der Waals surface area contributed by atoms with E-state index in [0.29, 0.717) is 6.54 Å². The lowest BCUT2D eigenvalue weighted by atomic mass is 10.3. The van der Waals surface area contributed by atoms with E-state index in [9.17, 15) is 0 Å². The fourth-order valence-corrected chi connectivity index (χ4v) is 2.04. The number of anilines is 1. The third-order valence-electron chi connectivity index (χ3n) is 3.09. The number of rotatable bonds is 5. The first-order valence-electron chi connectivity index (χ1n) is 6.70. The van der Waals surface area contributed by atoms with Crippen LogP contribution in [-0.4, -0.2) is 22.1 Å². The molecule has 21 heavy (non-hydrogen) atoms. The van der Waals surface area contributed by atoms with Gasteiger partial charge in [0, 0.05) is 0 Å². The highest BCUT2D eigenvalue weighted by molar-refractivity contribution is 5.56. The molecule has 2 aromatic carbocycles. The van der Waals surface area contributed by atoms with E-state index in [-0.39, 0.29) is 0 Å². The number of para-hydroxylation sites is 3. The number of nitrogens with zero attached hydrogens (tertiary/aromatic N) is 3. The summed E-state index contributed by atoms with van der Waals surface area (Å²) >= 11 is 0. The average Bonchev–Trinajstić information content (AvgIpc) is 3.03. The van der Waals surface area contributed by atoms with E-state index in [4.69, 9.17) is 4.74 Å². The van der Waals surface area contributed by atoms with E-state index in [1.807, 2.05) is 54.6 Å². The highest BCUT2D eigenvalue weighted by Crippen LogP contribution is 2.23. The third kappa shape index (κ3) is 3.02. The fraction of sp³-hybridized carbons (Fsp3) is 0.125. The molecule has 0 spiro atoms. The van der Waals surface area contributed by atoms with Crippen molar-refractivity contribution in [3.8, 4) is 11.4 Å². The third-order valence-corrected chi connectivity index (χ3v) is 3.09. The van der Waals surface area contributed by atoms with Crippen LogP contribution in [0.25, 0.3) is 5.69 Å². The van der Waals surface area contributed by atoms with Crippen molar-refractivity contribution in [1.29, 1.82) is 0 Å². The fourth-order valence-electron chi connectivity index (χ4n) is 2.04. The van der Waals surface area contributed by atoms with Crippen LogP contribution in [0.1, 0.15) is 5.69 Å². The SMILES string of the molecule is COc1ccccc1NCc1cnn(-c2ccccc2)n1. The van der Waals surface area contributed by atoms with E-state index < -0.39 is 0 Å². The smallest absolute Gasteiger partial charge is 0.141 e. The maximum atomic E-state index is 5.30. The molecule has 5 heteroatoms. The Kier molecular flexibility index (Phi) is 3.82. The Morgan fingerprint density at radius 3 is 2.62 bits per heavy atom. The maximum absolute atomic E-state index is 5.30. The lowest BCUT2D eigenvalue weighted by Crippen LogP contribution is -2.03. The van der Waals surface area contributed by atoms with Gasteiger partial charge in [0.15, 0.2) is 0 Å². The number of hydrogen-bond acceptors (Lipinski definition) is 4. The summed E-state index contributed by atoms with van der Waals surface area (Å²) in [6.07, 6.45) is 1.76. The molecule has 0 saturated heterocycles. The molecule has 3 aromatic rings. The second-order valence-electron chi connectivity index (χ2n) is 4.51. The topological polar surface area (TPSA) is 52.0 Å². The molecule has 0 atom stereocenters. The van der Waals surface area contributed by atoms with E-state index in [0.717, 1.165) is 22.8 Å². The van der Waals surface area contributed by atoms with Crippen LogP contribution in [0.15, 0.2) is 60.8 Å². The summed E-state index contributed by atoms with van der Waals surface area (Å²) in [5, 5.41) is 12.0. The van der Waals surface area contributed by atoms with Gasteiger partial charge in [-0.05, 0) is 24.3 Å². The molecule has 1 N–H and O–H groups in total. The Hall–Kier alpha value is -2.82. The molecule has 0 radical (unpaired) electrons. The Morgan fingerprint density at radius 2 is 1.81 bits per heavy atom. The number of methoxy groups -OCH3 is 1. The van der Waals surface area contributed by atoms with Crippen molar-refractivity contribution in [3.05, 3.63) is 66.5 Å². The van der Waals surface area contributed by atoms with Gasteiger partial charge in [0.1, 0.15) is 11.4 Å². The Morgan fingerprint density at radius 1 is 1.05 bits per heavy atom. The normalized spacial score (nSPS) is 10.3. The predicted molar refractivity (Wildman–Crippen MR) is 81.7 cm³/mol. The minimum atomic E-state index is 0.590. The van der Waals surface area contributed by atoms with Crippen LogP contribution < -0.4 is 10.1 Å². The number of ether oxygens (including phenoxy) is 1. The summed E-state index contributed by atoms with van der Waals surface area (Å²) in [7, 11) is 1.66. The molecule has 1 aromatic heterocycles. The van der Waals surface area contributed by atoms with Gasteiger partial charge < -0.3 is 10.1 Å². The molecule has 0 amide bonds. The van der Waals surface area contributed by atoms with Crippen molar-refractivity contribution in [3.63, 3.8) is 0 Å². The molecule has 0 aliphatic carbocycles. The Balaban J connectivity index is 1.71. The molecule has 0 saturated carbocycles. The Bertz CT molecular complexity index is 709. The quantitative estimate of drug-likeness (QED) is 0.780. The number of aromatic nitrogens is 3. The first-order valence-corrected chi connectivity index (χ1v) is 6.70. The number of benzene rings is 2. The highest BCUT2D eigenvalue weighted by atomic mass is 16.5. The molecular formula is C16H16N4O. The molecule has 0 fully saturated rings.